The minimum absolute atomic E-state index is 0.0328. The Bertz CT molecular complexity index is 746. The zero-order chi connectivity index (χ0) is 19.6. The third-order valence-electron chi connectivity index (χ3n) is 4.22. The second kappa shape index (κ2) is 10.6. The molecule has 1 fully saturated rings. The Hall–Kier alpha value is -2.67. The van der Waals surface area contributed by atoms with E-state index in [1.807, 2.05) is 60.7 Å². The minimum atomic E-state index is -0.991. The smallest absolute Gasteiger partial charge is 0.424 e. The van der Waals surface area contributed by atoms with E-state index in [0.29, 0.717) is 19.8 Å². The predicted octanol–water partition coefficient (Wildman–Crippen LogP) is 3.24. The van der Waals surface area contributed by atoms with Gasteiger partial charge in [0.2, 0.25) is 0 Å². The van der Waals surface area contributed by atoms with E-state index in [4.69, 9.17) is 18.9 Å². The molecule has 2 aromatic rings. The SMILES string of the molecule is O=C1O[C@H]([C@H](O)COCc2ccccc2)[C@H](/C=C/COCc2ccccc2)O1. The summed E-state index contributed by atoms with van der Waals surface area (Å²) in [4.78, 5) is 11.5. The highest BCUT2D eigenvalue weighted by Gasteiger charge is 2.40. The summed E-state index contributed by atoms with van der Waals surface area (Å²) in [6.07, 6.45) is 0.139. The summed E-state index contributed by atoms with van der Waals surface area (Å²) in [6, 6.07) is 19.5. The zero-order valence-corrected chi connectivity index (χ0v) is 15.5. The van der Waals surface area contributed by atoms with Crippen LogP contribution in [-0.2, 0) is 32.2 Å². The molecule has 0 amide bonds. The van der Waals surface area contributed by atoms with Crippen LogP contribution in [0.5, 0.6) is 0 Å². The molecule has 1 aliphatic rings. The third-order valence-corrected chi connectivity index (χ3v) is 4.22. The fourth-order valence-corrected chi connectivity index (χ4v) is 2.81. The van der Waals surface area contributed by atoms with E-state index in [1.165, 1.54) is 0 Å². The van der Waals surface area contributed by atoms with Crippen molar-refractivity contribution in [2.75, 3.05) is 13.2 Å². The molecule has 1 heterocycles. The summed E-state index contributed by atoms with van der Waals surface area (Å²) in [5.41, 5.74) is 2.08. The first-order chi connectivity index (χ1) is 13.7. The maximum absolute atomic E-state index is 11.5. The average Bonchev–Trinajstić information content (AvgIpc) is 3.10. The topological polar surface area (TPSA) is 74.2 Å². The fourth-order valence-electron chi connectivity index (χ4n) is 2.81. The third kappa shape index (κ3) is 6.20. The number of carbonyl (C=O) groups is 1. The summed E-state index contributed by atoms with van der Waals surface area (Å²) in [5.74, 6) is 0. The van der Waals surface area contributed by atoms with Crippen LogP contribution in [0.4, 0.5) is 4.79 Å². The summed E-state index contributed by atoms with van der Waals surface area (Å²) in [6.45, 7) is 1.25. The fraction of sp³-hybridized carbons (Fsp3) is 0.318. The standard InChI is InChI=1S/C22H24O6/c23-19(16-26-15-18-10-5-2-6-11-18)21-20(27-22(24)28-21)12-7-13-25-14-17-8-3-1-4-9-17/h1-12,19-21,23H,13-16H2/b12-7+/t19-,20+,21-/m1/s1. The molecular formula is C22H24O6. The molecular weight excluding hydrogens is 360 g/mol. The second-order valence-electron chi connectivity index (χ2n) is 6.41. The number of rotatable bonds is 10. The van der Waals surface area contributed by atoms with Crippen LogP contribution in [0.3, 0.4) is 0 Å². The van der Waals surface area contributed by atoms with Crippen LogP contribution in [0, 0.1) is 0 Å². The number of hydrogen-bond acceptors (Lipinski definition) is 6. The molecule has 1 saturated heterocycles. The first kappa shape index (κ1) is 20.1. The molecule has 0 radical (unpaired) electrons. The molecule has 2 aromatic carbocycles. The van der Waals surface area contributed by atoms with Crippen LogP contribution >= 0.6 is 0 Å². The lowest BCUT2D eigenvalue weighted by Gasteiger charge is -2.19. The Morgan fingerprint density at radius 3 is 2.18 bits per heavy atom. The van der Waals surface area contributed by atoms with Gasteiger partial charge in [-0.2, -0.15) is 0 Å². The van der Waals surface area contributed by atoms with Gasteiger partial charge in [-0.15, -0.1) is 0 Å². The van der Waals surface area contributed by atoms with Crippen molar-refractivity contribution in [3.63, 3.8) is 0 Å². The van der Waals surface area contributed by atoms with E-state index in [0.717, 1.165) is 11.1 Å². The van der Waals surface area contributed by atoms with Gasteiger partial charge in [0.05, 0.1) is 26.4 Å². The quantitative estimate of drug-likeness (QED) is 0.385. The molecule has 0 spiro atoms. The number of carbonyl (C=O) groups excluding carboxylic acids is 1. The second-order valence-corrected chi connectivity index (χ2v) is 6.41. The number of ether oxygens (including phenoxy) is 4. The molecule has 1 N–H and O–H groups in total. The van der Waals surface area contributed by atoms with Crippen LogP contribution in [0.25, 0.3) is 0 Å². The van der Waals surface area contributed by atoms with Gasteiger partial charge in [0, 0.05) is 0 Å². The van der Waals surface area contributed by atoms with E-state index < -0.39 is 24.5 Å². The molecule has 0 saturated carbocycles. The van der Waals surface area contributed by atoms with E-state index in [9.17, 15) is 9.90 Å². The van der Waals surface area contributed by atoms with Crippen molar-refractivity contribution in [3.8, 4) is 0 Å². The molecule has 148 valence electrons. The van der Waals surface area contributed by atoms with Crippen molar-refractivity contribution < 1.29 is 28.8 Å². The Morgan fingerprint density at radius 1 is 0.929 bits per heavy atom. The monoisotopic (exact) mass is 384 g/mol. The summed E-state index contributed by atoms with van der Waals surface area (Å²) >= 11 is 0. The average molecular weight is 384 g/mol. The Morgan fingerprint density at radius 2 is 1.54 bits per heavy atom. The van der Waals surface area contributed by atoms with Crippen LogP contribution in [-0.4, -0.2) is 42.8 Å². The number of benzene rings is 2. The van der Waals surface area contributed by atoms with Gasteiger partial charge in [0.25, 0.3) is 0 Å². The summed E-state index contributed by atoms with van der Waals surface area (Å²) in [7, 11) is 0. The van der Waals surface area contributed by atoms with Crippen molar-refractivity contribution in [1.82, 2.24) is 0 Å². The molecule has 3 atom stereocenters. The molecule has 6 nitrogen and oxygen atoms in total. The van der Waals surface area contributed by atoms with Crippen molar-refractivity contribution >= 4 is 6.16 Å². The highest BCUT2D eigenvalue weighted by atomic mass is 16.8. The molecule has 0 aromatic heterocycles. The van der Waals surface area contributed by atoms with Gasteiger partial charge in [-0.05, 0) is 17.2 Å². The lowest BCUT2D eigenvalue weighted by atomic mass is 10.1. The first-order valence-electron chi connectivity index (χ1n) is 9.17. The lowest BCUT2D eigenvalue weighted by Crippen LogP contribution is -2.37. The van der Waals surface area contributed by atoms with Gasteiger partial charge < -0.3 is 24.1 Å². The summed E-state index contributed by atoms with van der Waals surface area (Å²) in [5, 5.41) is 10.3. The Balaban J connectivity index is 1.42. The maximum atomic E-state index is 11.5. The largest absolute Gasteiger partial charge is 0.509 e. The van der Waals surface area contributed by atoms with Gasteiger partial charge in [-0.1, -0.05) is 66.7 Å². The number of hydrogen-bond donors (Lipinski definition) is 1. The van der Waals surface area contributed by atoms with Crippen LogP contribution < -0.4 is 0 Å². The van der Waals surface area contributed by atoms with Crippen molar-refractivity contribution in [2.45, 2.75) is 31.5 Å². The van der Waals surface area contributed by atoms with Crippen LogP contribution in [0.1, 0.15) is 11.1 Å². The number of cyclic esters (lactones) is 2. The highest BCUT2D eigenvalue weighted by Crippen LogP contribution is 2.20. The van der Waals surface area contributed by atoms with E-state index in [1.54, 1.807) is 12.2 Å². The maximum Gasteiger partial charge on any atom is 0.509 e. The van der Waals surface area contributed by atoms with Crippen LogP contribution in [0.15, 0.2) is 72.8 Å². The first-order valence-corrected chi connectivity index (χ1v) is 9.17. The minimum Gasteiger partial charge on any atom is -0.424 e. The Kier molecular flexibility index (Phi) is 7.61. The zero-order valence-electron chi connectivity index (χ0n) is 15.5. The molecule has 6 heteroatoms. The van der Waals surface area contributed by atoms with Crippen molar-refractivity contribution in [2.24, 2.45) is 0 Å². The Labute approximate surface area is 164 Å². The van der Waals surface area contributed by atoms with Crippen LogP contribution in [0.2, 0.25) is 0 Å². The summed E-state index contributed by atoms with van der Waals surface area (Å²) < 4.78 is 21.3. The van der Waals surface area contributed by atoms with E-state index >= 15 is 0 Å². The number of aliphatic hydroxyl groups is 1. The van der Waals surface area contributed by atoms with Gasteiger partial charge in [0.1, 0.15) is 6.10 Å². The number of aliphatic hydroxyl groups excluding tert-OH is 1. The molecule has 28 heavy (non-hydrogen) atoms. The lowest BCUT2D eigenvalue weighted by molar-refractivity contribution is -0.0388. The molecule has 1 aliphatic heterocycles. The van der Waals surface area contributed by atoms with E-state index in [-0.39, 0.29) is 6.61 Å². The molecule has 0 unspecified atom stereocenters. The molecule has 3 rings (SSSR count). The molecule has 0 bridgehead atoms. The van der Waals surface area contributed by atoms with Crippen molar-refractivity contribution in [1.29, 1.82) is 0 Å². The highest BCUT2D eigenvalue weighted by molar-refractivity contribution is 5.63. The van der Waals surface area contributed by atoms with E-state index in [2.05, 4.69) is 0 Å². The molecule has 0 aliphatic carbocycles. The van der Waals surface area contributed by atoms with Gasteiger partial charge in [-0.25, -0.2) is 4.79 Å². The normalized spacial score (nSPS) is 20.1. The van der Waals surface area contributed by atoms with Gasteiger partial charge in [-0.3, -0.25) is 0 Å². The predicted molar refractivity (Wildman–Crippen MR) is 102 cm³/mol. The van der Waals surface area contributed by atoms with Gasteiger partial charge in [0.15, 0.2) is 12.2 Å². The van der Waals surface area contributed by atoms with Gasteiger partial charge >= 0.3 is 6.16 Å². The van der Waals surface area contributed by atoms with Crippen molar-refractivity contribution in [3.05, 3.63) is 83.9 Å².